The zero-order valence-corrected chi connectivity index (χ0v) is 10.7. The van der Waals surface area contributed by atoms with Crippen molar-refractivity contribution >= 4 is 9.84 Å². The van der Waals surface area contributed by atoms with Crippen LogP contribution in [0.1, 0.15) is 18.5 Å². The van der Waals surface area contributed by atoms with Crippen LogP contribution in [0.2, 0.25) is 0 Å². The molecule has 96 valence electrons. The van der Waals surface area contributed by atoms with Crippen LogP contribution in [0.4, 0.5) is 0 Å². The Morgan fingerprint density at radius 2 is 1.82 bits per heavy atom. The largest absolute Gasteiger partial charge is 0.507 e. The van der Waals surface area contributed by atoms with E-state index >= 15 is 0 Å². The van der Waals surface area contributed by atoms with Gasteiger partial charge in [-0.15, -0.1) is 0 Å². The summed E-state index contributed by atoms with van der Waals surface area (Å²) in [5.41, 5.74) is 0.376. The van der Waals surface area contributed by atoms with Crippen LogP contribution in [-0.2, 0) is 9.84 Å². The second-order valence-electron chi connectivity index (χ2n) is 4.02. The van der Waals surface area contributed by atoms with Gasteiger partial charge >= 0.3 is 0 Å². The number of phenolic OH excluding ortho intramolecular Hbond substituents is 2. The summed E-state index contributed by atoms with van der Waals surface area (Å²) in [5.74, 6) is -0.000171. The molecule has 0 aliphatic rings. The maximum absolute atomic E-state index is 10.9. The first-order chi connectivity index (χ1) is 7.81. The molecule has 0 aliphatic heterocycles. The van der Waals surface area contributed by atoms with Crippen molar-refractivity contribution in [2.45, 2.75) is 13.0 Å². The zero-order chi connectivity index (χ0) is 13.1. The summed E-state index contributed by atoms with van der Waals surface area (Å²) in [4.78, 5) is 0. The maximum Gasteiger partial charge on any atom is 0.148 e. The SMILES string of the molecule is CC(NCCS(C)(=O)=O)c1c(O)cccc1O. The third kappa shape index (κ3) is 4.24. The van der Waals surface area contributed by atoms with E-state index in [0.29, 0.717) is 5.56 Å². The Balaban J connectivity index is 2.67. The standard InChI is InChI=1S/C11H17NO4S/c1-8(12-6-7-17(2,15)16)11-9(13)4-3-5-10(11)14/h3-5,8,12-14H,6-7H2,1-2H3. The summed E-state index contributed by atoms with van der Waals surface area (Å²) in [6.07, 6.45) is 1.16. The van der Waals surface area contributed by atoms with Gasteiger partial charge in [-0.25, -0.2) is 8.42 Å². The minimum absolute atomic E-state index is 0.00986. The lowest BCUT2D eigenvalue weighted by Crippen LogP contribution is -2.25. The minimum atomic E-state index is -3.01. The van der Waals surface area contributed by atoms with Crippen LogP contribution in [0.25, 0.3) is 0 Å². The molecule has 0 aliphatic carbocycles. The fourth-order valence-electron chi connectivity index (χ4n) is 1.55. The predicted molar refractivity (Wildman–Crippen MR) is 65.9 cm³/mol. The number of nitrogens with one attached hydrogen (secondary N) is 1. The van der Waals surface area contributed by atoms with E-state index in [1.807, 2.05) is 0 Å². The monoisotopic (exact) mass is 259 g/mol. The van der Waals surface area contributed by atoms with Crippen molar-refractivity contribution in [1.29, 1.82) is 0 Å². The first-order valence-electron chi connectivity index (χ1n) is 5.23. The van der Waals surface area contributed by atoms with Crippen LogP contribution >= 0.6 is 0 Å². The molecule has 1 rings (SSSR count). The lowest BCUT2D eigenvalue weighted by Gasteiger charge is -2.16. The third-order valence-electron chi connectivity index (χ3n) is 2.42. The van der Waals surface area contributed by atoms with Gasteiger partial charge in [0.25, 0.3) is 0 Å². The fourth-order valence-corrected chi connectivity index (χ4v) is 2.04. The first kappa shape index (κ1) is 13.8. The van der Waals surface area contributed by atoms with E-state index in [4.69, 9.17) is 0 Å². The number of sulfone groups is 1. The van der Waals surface area contributed by atoms with E-state index in [2.05, 4.69) is 5.32 Å². The van der Waals surface area contributed by atoms with Crippen molar-refractivity contribution in [3.8, 4) is 11.5 Å². The lowest BCUT2D eigenvalue weighted by molar-refractivity contribution is 0.421. The van der Waals surface area contributed by atoms with Gasteiger partial charge in [-0.05, 0) is 19.1 Å². The Kier molecular flexibility index (Phi) is 4.36. The average Bonchev–Trinajstić information content (AvgIpc) is 2.15. The normalized spacial score (nSPS) is 13.5. The van der Waals surface area contributed by atoms with Gasteiger partial charge in [0.15, 0.2) is 0 Å². The van der Waals surface area contributed by atoms with Gasteiger partial charge in [0.1, 0.15) is 21.3 Å². The quantitative estimate of drug-likeness (QED) is 0.728. The molecule has 0 saturated carbocycles. The molecular formula is C11H17NO4S. The lowest BCUT2D eigenvalue weighted by atomic mass is 10.1. The number of hydrogen-bond donors (Lipinski definition) is 3. The van der Waals surface area contributed by atoms with Crippen molar-refractivity contribution in [2.75, 3.05) is 18.6 Å². The second-order valence-corrected chi connectivity index (χ2v) is 6.28. The summed E-state index contributed by atoms with van der Waals surface area (Å²) in [6, 6.07) is 4.17. The number of phenols is 2. The van der Waals surface area contributed by atoms with Gasteiger partial charge in [0.05, 0.1) is 11.3 Å². The van der Waals surface area contributed by atoms with E-state index in [0.717, 1.165) is 6.26 Å². The van der Waals surface area contributed by atoms with Crippen LogP contribution in [0.5, 0.6) is 11.5 Å². The van der Waals surface area contributed by atoms with E-state index in [1.165, 1.54) is 18.2 Å². The first-order valence-corrected chi connectivity index (χ1v) is 7.29. The number of aromatic hydroxyl groups is 2. The molecule has 1 unspecified atom stereocenters. The zero-order valence-electron chi connectivity index (χ0n) is 9.84. The molecule has 1 atom stereocenters. The molecule has 0 saturated heterocycles. The summed E-state index contributed by atoms with van der Waals surface area (Å²) in [7, 11) is -3.01. The van der Waals surface area contributed by atoms with E-state index in [1.54, 1.807) is 6.92 Å². The maximum atomic E-state index is 10.9. The molecule has 0 spiro atoms. The Morgan fingerprint density at radius 3 is 2.29 bits per heavy atom. The summed E-state index contributed by atoms with van der Waals surface area (Å²) >= 11 is 0. The Labute approximate surface area is 101 Å². The van der Waals surface area contributed by atoms with E-state index < -0.39 is 9.84 Å². The molecule has 0 heterocycles. The van der Waals surface area contributed by atoms with E-state index in [9.17, 15) is 18.6 Å². The minimum Gasteiger partial charge on any atom is -0.507 e. The molecule has 0 radical (unpaired) electrons. The predicted octanol–water partition coefficient (Wildman–Crippen LogP) is 0.793. The molecular weight excluding hydrogens is 242 g/mol. The van der Waals surface area contributed by atoms with Gasteiger partial charge in [-0.1, -0.05) is 6.07 Å². The van der Waals surface area contributed by atoms with Crippen LogP contribution in [0.15, 0.2) is 18.2 Å². The van der Waals surface area contributed by atoms with Crippen molar-refractivity contribution < 1.29 is 18.6 Å². The molecule has 1 aromatic carbocycles. The molecule has 3 N–H and O–H groups in total. The van der Waals surface area contributed by atoms with E-state index in [-0.39, 0.29) is 29.8 Å². The molecule has 6 heteroatoms. The molecule has 1 aromatic rings. The van der Waals surface area contributed by atoms with Gasteiger partial charge < -0.3 is 15.5 Å². The average molecular weight is 259 g/mol. The Morgan fingerprint density at radius 1 is 1.29 bits per heavy atom. The van der Waals surface area contributed by atoms with Crippen molar-refractivity contribution in [3.05, 3.63) is 23.8 Å². The summed E-state index contributed by atoms with van der Waals surface area (Å²) in [6.45, 7) is 2.02. The molecule has 0 aromatic heterocycles. The van der Waals surface area contributed by atoms with Gasteiger partial charge in [-0.2, -0.15) is 0 Å². The van der Waals surface area contributed by atoms with Crippen LogP contribution < -0.4 is 5.32 Å². The molecule has 5 nitrogen and oxygen atoms in total. The highest BCUT2D eigenvalue weighted by Crippen LogP contribution is 2.31. The highest BCUT2D eigenvalue weighted by atomic mass is 32.2. The van der Waals surface area contributed by atoms with Crippen LogP contribution in [0, 0.1) is 0 Å². The molecule has 17 heavy (non-hydrogen) atoms. The van der Waals surface area contributed by atoms with Crippen LogP contribution in [0.3, 0.4) is 0 Å². The Hall–Kier alpha value is -1.27. The van der Waals surface area contributed by atoms with Crippen molar-refractivity contribution in [3.63, 3.8) is 0 Å². The number of hydrogen-bond acceptors (Lipinski definition) is 5. The fraction of sp³-hybridized carbons (Fsp3) is 0.455. The van der Waals surface area contributed by atoms with Gasteiger partial charge in [-0.3, -0.25) is 0 Å². The molecule has 0 fully saturated rings. The van der Waals surface area contributed by atoms with Crippen LogP contribution in [-0.4, -0.2) is 37.2 Å². The van der Waals surface area contributed by atoms with Gasteiger partial charge in [0.2, 0.25) is 0 Å². The highest BCUT2D eigenvalue weighted by molar-refractivity contribution is 7.90. The highest BCUT2D eigenvalue weighted by Gasteiger charge is 2.14. The van der Waals surface area contributed by atoms with Gasteiger partial charge in [0, 0.05) is 18.8 Å². The smallest absolute Gasteiger partial charge is 0.148 e. The van der Waals surface area contributed by atoms with Crippen molar-refractivity contribution in [1.82, 2.24) is 5.32 Å². The van der Waals surface area contributed by atoms with Crippen molar-refractivity contribution in [2.24, 2.45) is 0 Å². The second kappa shape index (κ2) is 5.37. The number of rotatable bonds is 5. The topological polar surface area (TPSA) is 86.6 Å². The molecule has 0 amide bonds. The molecule has 0 bridgehead atoms. The number of benzene rings is 1. The summed E-state index contributed by atoms with van der Waals surface area (Å²) in [5, 5.41) is 22.1. The third-order valence-corrected chi connectivity index (χ3v) is 3.36. The Bertz CT molecular complexity index is 464. The summed E-state index contributed by atoms with van der Waals surface area (Å²) < 4.78 is 21.9.